The van der Waals surface area contributed by atoms with Crippen molar-refractivity contribution in [1.29, 1.82) is 0 Å². The third kappa shape index (κ3) is 5.81. The van der Waals surface area contributed by atoms with E-state index in [2.05, 4.69) is 34.4 Å². The Morgan fingerprint density at radius 2 is 1.71 bits per heavy atom. The molecule has 0 bridgehead atoms. The fourth-order valence-corrected chi connectivity index (χ4v) is 2.47. The van der Waals surface area contributed by atoms with Crippen LogP contribution in [0.25, 0.3) is 0 Å². The Labute approximate surface area is 165 Å². The molecule has 3 rings (SSSR count). The van der Waals surface area contributed by atoms with E-state index in [9.17, 15) is 4.79 Å². The van der Waals surface area contributed by atoms with Crippen molar-refractivity contribution < 1.29 is 9.53 Å². The Morgan fingerprint density at radius 3 is 2.43 bits per heavy atom. The lowest BCUT2D eigenvalue weighted by Gasteiger charge is -2.09. The molecule has 6 heteroatoms. The highest BCUT2D eigenvalue weighted by molar-refractivity contribution is 5.92. The van der Waals surface area contributed by atoms with Crippen molar-refractivity contribution in [2.24, 2.45) is 5.92 Å². The maximum absolute atomic E-state index is 12.2. The monoisotopic (exact) mass is 376 g/mol. The van der Waals surface area contributed by atoms with E-state index in [0.717, 1.165) is 23.6 Å². The van der Waals surface area contributed by atoms with E-state index in [1.165, 1.54) is 0 Å². The molecule has 1 aromatic heterocycles. The van der Waals surface area contributed by atoms with Gasteiger partial charge in [0.05, 0.1) is 0 Å². The van der Waals surface area contributed by atoms with Gasteiger partial charge in [-0.2, -0.15) is 0 Å². The maximum atomic E-state index is 12.2. The van der Waals surface area contributed by atoms with Gasteiger partial charge in [-0.3, -0.25) is 4.79 Å². The van der Waals surface area contributed by atoms with Gasteiger partial charge in [0.2, 0.25) is 5.95 Å². The smallest absolute Gasteiger partial charge is 0.270 e. The average Bonchev–Trinajstić information content (AvgIpc) is 2.70. The van der Waals surface area contributed by atoms with Crippen LogP contribution in [-0.2, 0) is 0 Å². The number of aromatic nitrogens is 2. The Kier molecular flexibility index (Phi) is 6.57. The summed E-state index contributed by atoms with van der Waals surface area (Å²) in [5, 5.41) is 5.99. The average molecular weight is 376 g/mol. The van der Waals surface area contributed by atoms with E-state index in [-0.39, 0.29) is 5.91 Å². The van der Waals surface area contributed by atoms with Crippen LogP contribution in [0.4, 0.5) is 11.6 Å². The van der Waals surface area contributed by atoms with Crippen LogP contribution in [-0.4, -0.2) is 22.4 Å². The van der Waals surface area contributed by atoms with Crippen molar-refractivity contribution in [1.82, 2.24) is 15.3 Å². The van der Waals surface area contributed by atoms with Gasteiger partial charge in [0.1, 0.15) is 17.2 Å². The van der Waals surface area contributed by atoms with Crippen molar-refractivity contribution in [3.8, 4) is 11.5 Å². The van der Waals surface area contributed by atoms with Crippen LogP contribution >= 0.6 is 0 Å². The lowest BCUT2D eigenvalue weighted by Crippen LogP contribution is -2.26. The van der Waals surface area contributed by atoms with E-state index in [0.29, 0.717) is 24.1 Å². The van der Waals surface area contributed by atoms with Gasteiger partial charge in [-0.15, -0.1) is 0 Å². The largest absolute Gasteiger partial charge is 0.457 e. The molecule has 0 unspecified atom stereocenters. The number of amides is 1. The summed E-state index contributed by atoms with van der Waals surface area (Å²) in [6.45, 7) is 4.87. The second kappa shape index (κ2) is 9.50. The van der Waals surface area contributed by atoms with Gasteiger partial charge in [-0.1, -0.05) is 32.0 Å². The highest BCUT2D eigenvalue weighted by Gasteiger charge is 2.09. The molecule has 0 saturated carbocycles. The number of hydrogen-bond acceptors (Lipinski definition) is 5. The molecule has 1 amide bonds. The Bertz CT molecular complexity index is 896. The third-order valence-corrected chi connectivity index (χ3v) is 3.98. The first kappa shape index (κ1) is 19.4. The molecule has 144 valence electrons. The predicted octanol–water partition coefficient (Wildman–Crippen LogP) is 4.79. The number of nitrogens with one attached hydrogen (secondary N) is 2. The van der Waals surface area contributed by atoms with E-state index >= 15 is 0 Å². The Hall–Kier alpha value is -3.41. The van der Waals surface area contributed by atoms with E-state index in [1.807, 2.05) is 54.6 Å². The number of ether oxygens (including phenoxy) is 1. The fraction of sp³-hybridized carbons (Fsp3) is 0.227. The summed E-state index contributed by atoms with van der Waals surface area (Å²) in [5.74, 6) is 2.22. The molecule has 2 N–H and O–H groups in total. The molecule has 0 atom stereocenters. The Balaban J connectivity index is 1.60. The van der Waals surface area contributed by atoms with Crippen molar-refractivity contribution in [2.75, 3.05) is 11.9 Å². The summed E-state index contributed by atoms with van der Waals surface area (Å²) < 4.78 is 5.78. The van der Waals surface area contributed by atoms with Gasteiger partial charge in [0.25, 0.3) is 5.91 Å². The van der Waals surface area contributed by atoms with Crippen molar-refractivity contribution in [3.05, 3.63) is 72.6 Å². The van der Waals surface area contributed by atoms with Crippen molar-refractivity contribution in [2.45, 2.75) is 20.3 Å². The molecule has 0 spiro atoms. The first-order valence-corrected chi connectivity index (χ1v) is 9.31. The third-order valence-electron chi connectivity index (χ3n) is 3.98. The van der Waals surface area contributed by atoms with E-state index < -0.39 is 0 Å². The predicted molar refractivity (Wildman–Crippen MR) is 110 cm³/mol. The molecule has 3 aromatic rings. The molecule has 28 heavy (non-hydrogen) atoms. The molecular weight excluding hydrogens is 352 g/mol. The highest BCUT2D eigenvalue weighted by atomic mass is 16.5. The molecular formula is C22H24N4O2. The van der Waals surface area contributed by atoms with Crippen molar-refractivity contribution >= 4 is 17.5 Å². The van der Waals surface area contributed by atoms with Crippen molar-refractivity contribution in [3.63, 3.8) is 0 Å². The van der Waals surface area contributed by atoms with Gasteiger partial charge in [-0.25, -0.2) is 9.97 Å². The second-order valence-corrected chi connectivity index (χ2v) is 6.77. The number of hydrogen-bond donors (Lipinski definition) is 2. The lowest BCUT2D eigenvalue weighted by molar-refractivity contribution is 0.0947. The minimum atomic E-state index is -0.197. The number of carbonyl (C=O) groups is 1. The lowest BCUT2D eigenvalue weighted by atomic mass is 10.1. The number of benzene rings is 2. The SMILES string of the molecule is CC(C)CCNC(=O)c1ccnc(Nc2ccc(Oc3ccccc3)cc2)n1. The normalized spacial score (nSPS) is 10.5. The summed E-state index contributed by atoms with van der Waals surface area (Å²) in [7, 11) is 0. The van der Waals surface area contributed by atoms with Crippen LogP contribution < -0.4 is 15.4 Å². The van der Waals surface area contributed by atoms with Crippen LogP contribution in [0.1, 0.15) is 30.8 Å². The topological polar surface area (TPSA) is 76.1 Å². The van der Waals surface area contributed by atoms with Gasteiger partial charge >= 0.3 is 0 Å². The zero-order valence-corrected chi connectivity index (χ0v) is 16.1. The van der Waals surface area contributed by atoms with Crippen LogP contribution in [0.3, 0.4) is 0 Å². The molecule has 0 aliphatic rings. The van der Waals surface area contributed by atoms with Crippen LogP contribution in [0.5, 0.6) is 11.5 Å². The number of carbonyl (C=O) groups excluding carboxylic acids is 1. The quantitative estimate of drug-likeness (QED) is 0.591. The van der Waals surface area contributed by atoms with Gasteiger partial charge in [-0.05, 0) is 54.8 Å². The standard InChI is InChI=1S/C22H24N4O2/c1-16(2)12-14-23-21(27)20-13-15-24-22(26-20)25-17-8-10-19(11-9-17)28-18-6-4-3-5-7-18/h3-11,13,15-16H,12,14H2,1-2H3,(H,23,27)(H,24,25,26). The van der Waals surface area contributed by atoms with Crippen LogP contribution in [0.2, 0.25) is 0 Å². The molecule has 1 heterocycles. The molecule has 0 fully saturated rings. The number of para-hydroxylation sites is 1. The first-order chi connectivity index (χ1) is 13.6. The minimum Gasteiger partial charge on any atom is -0.457 e. The zero-order valence-electron chi connectivity index (χ0n) is 16.1. The Morgan fingerprint density at radius 1 is 1.00 bits per heavy atom. The number of anilines is 2. The van der Waals surface area contributed by atoms with Gasteiger partial charge in [0.15, 0.2) is 0 Å². The second-order valence-electron chi connectivity index (χ2n) is 6.77. The summed E-state index contributed by atoms with van der Waals surface area (Å²) in [6, 6.07) is 18.7. The maximum Gasteiger partial charge on any atom is 0.270 e. The summed E-state index contributed by atoms with van der Waals surface area (Å²) in [4.78, 5) is 20.7. The van der Waals surface area contributed by atoms with E-state index in [4.69, 9.17) is 4.74 Å². The summed E-state index contributed by atoms with van der Waals surface area (Å²) in [5.41, 5.74) is 1.14. The number of rotatable bonds is 8. The number of nitrogens with zero attached hydrogens (tertiary/aromatic N) is 2. The van der Waals surface area contributed by atoms with Crippen LogP contribution in [0, 0.1) is 5.92 Å². The molecule has 0 saturated heterocycles. The summed E-state index contributed by atoms with van der Waals surface area (Å²) in [6.07, 6.45) is 2.50. The first-order valence-electron chi connectivity index (χ1n) is 9.31. The molecule has 2 aromatic carbocycles. The van der Waals surface area contributed by atoms with E-state index in [1.54, 1.807) is 12.3 Å². The zero-order chi connectivity index (χ0) is 19.8. The van der Waals surface area contributed by atoms with Crippen LogP contribution in [0.15, 0.2) is 66.9 Å². The summed E-state index contributed by atoms with van der Waals surface area (Å²) >= 11 is 0. The highest BCUT2D eigenvalue weighted by Crippen LogP contribution is 2.23. The van der Waals surface area contributed by atoms with Gasteiger partial charge < -0.3 is 15.4 Å². The molecule has 0 radical (unpaired) electrons. The molecule has 6 nitrogen and oxygen atoms in total. The minimum absolute atomic E-state index is 0.197. The fourth-order valence-electron chi connectivity index (χ4n) is 2.47. The molecule has 0 aliphatic carbocycles. The molecule has 0 aliphatic heterocycles. The van der Waals surface area contributed by atoms with Gasteiger partial charge in [0, 0.05) is 18.4 Å².